The molecule has 100 valence electrons. The number of nitrogens with two attached hydrogens (primary N) is 1. The second-order valence-corrected chi connectivity index (χ2v) is 4.57. The number of aromatic nitrogens is 2. The Morgan fingerprint density at radius 1 is 1.33 bits per heavy atom. The predicted octanol–water partition coefficient (Wildman–Crippen LogP) is 2.23. The minimum atomic E-state index is 0.499. The van der Waals surface area contributed by atoms with Crippen LogP contribution >= 0.6 is 0 Å². The van der Waals surface area contributed by atoms with Gasteiger partial charge in [-0.15, -0.1) is 0 Å². The van der Waals surface area contributed by atoms with E-state index < -0.39 is 0 Å². The molecular formula is C13H22N4O. The standard InChI is InChI=1S/C13H22N4O/c1-3-17(10-7-5-6-8-10)12-11(14)13(18-4-2)16-9-15-12/h9-10H,3-8,14H2,1-2H3. The largest absolute Gasteiger partial charge is 0.476 e. The van der Waals surface area contributed by atoms with E-state index >= 15 is 0 Å². The Bertz CT molecular complexity index is 391. The summed E-state index contributed by atoms with van der Waals surface area (Å²) in [6, 6.07) is 0.557. The van der Waals surface area contributed by atoms with Crippen LogP contribution in [0.1, 0.15) is 39.5 Å². The summed E-state index contributed by atoms with van der Waals surface area (Å²) in [5.41, 5.74) is 6.68. The highest BCUT2D eigenvalue weighted by molar-refractivity contribution is 5.68. The second kappa shape index (κ2) is 5.89. The number of anilines is 2. The average Bonchev–Trinajstić information content (AvgIpc) is 2.89. The van der Waals surface area contributed by atoms with Crippen LogP contribution in [-0.4, -0.2) is 29.2 Å². The Balaban J connectivity index is 2.26. The molecule has 1 heterocycles. The van der Waals surface area contributed by atoms with E-state index in [1.54, 1.807) is 0 Å². The molecule has 0 aliphatic heterocycles. The fourth-order valence-electron chi connectivity index (χ4n) is 2.65. The van der Waals surface area contributed by atoms with Gasteiger partial charge in [0.25, 0.3) is 0 Å². The van der Waals surface area contributed by atoms with Gasteiger partial charge < -0.3 is 15.4 Å². The van der Waals surface area contributed by atoms with Crippen LogP contribution in [0.2, 0.25) is 0 Å². The molecule has 2 rings (SSSR count). The highest BCUT2D eigenvalue weighted by Crippen LogP contribution is 2.33. The first-order chi connectivity index (χ1) is 8.77. The fraction of sp³-hybridized carbons (Fsp3) is 0.692. The maximum Gasteiger partial charge on any atom is 0.242 e. The minimum absolute atomic E-state index is 0.499. The summed E-state index contributed by atoms with van der Waals surface area (Å²) in [5, 5.41) is 0. The van der Waals surface area contributed by atoms with Crippen LogP contribution in [0.5, 0.6) is 5.88 Å². The van der Waals surface area contributed by atoms with Gasteiger partial charge in [0.15, 0.2) is 5.82 Å². The van der Waals surface area contributed by atoms with Gasteiger partial charge in [-0.1, -0.05) is 12.8 Å². The lowest BCUT2D eigenvalue weighted by Crippen LogP contribution is -2.34. The van der Waals surface area contributed by atoms with E-state index in [0.29, 0.717) is 24.2 Å². The molecule has 1 aromatic heterocycles. The summed E-state index contributed by atoms with van der Waals surface area (Å²) >= 11 is 0. The van der Waals surface area contributed by atoms with Crippen molar-refractivity contribution in [3.63, 3.8) is 0 Å². The number of nitrogens with zero attached hydrogens (tertiary/aromatic N) is 3. The third-order valence-electron chi connectivity index (χ3n) is 3.49. The fourth-order valence-corrected chi connectivity index (χ4v) is 2.65. The molecule has 1 fully saturated rings. The van der Waals surface area contributed by atoms with Crippen LogP contribution in [0, 0.1) is 0 Å². The van der Waals surface area contributed by atoms with Crippen molar-refractivity contribution in [2.24, 2.45) is 0 Å². The first-order valence-electron chi connectivity index (χ1n) is 6.77. The molecule has 2 N–H and O–H groups in total. The third-order valence-corrected chi connectivity index (χ3v) is 3.49. The number of hydrogen-bond acceptors (Lipinski definition) is 5. The number of rotatable bonds is 5. The van der Waals surface area contributed by atoms with Gasteiger partial charge in [-0.3, -0.25) is 0 Å². The van der Waals surface area contributed by atoms with Crippen molar-refractivity contribution >= 4 is 11.5 Å². The van der Waals surface area contributed by atoms with Crippen molar-refractivity contribution in [3.8, 4) is 5.88 Å². The number of ether oxygens (including phenoxy) is 1. The van der Waals surface area contributed by atoms with Crippen LogP contribution in [0.3, 0.4) is 0 Å². The molecule has 5 nitrogen and oxygen atoms in total. The summed E-state index contributed by atoms with van der Waals surface area (Å²) in [6.07, 6.45) is 6.58. The highest BCUT2D eigenvalue weighted by Gasteiger charge is 2.25. The van der Waals surface area contributed by atoms with Crippen molar-refractivity contribution in [2.75, 3.05) is 23.8 Å². The van der Waals surface area contributed by atoms with E-state index in [9.17, 15) is 0 Å². The summed E-state index contributed by atoms with van der Waals surface area (Å²) < 4.78 is 5.43. The average molecular weight is 250 g/mol. The van der Waals surface area contributed by atoms with Gasteiger partial charge in [-0.05, 0) is 26.7 Å². The van der Waals surface area contributed by atoms with Gasteiger partial charge in [-0.2, -0.15) is 4.98 Å². The normalized spacial score (nSPS) is 15.9. The third kappa shape index (κ3) is 2.49. The Morgan fingerprint density at radius 3 is 2.67 bits per heavy atom. The summed E-state index contributed by atoms with van der Waals surface area (Å²) in [7, 11) is 0. The molecular weight excluding hydrogens is 228 g/mol. The number of hydrogen-bond donors (Lipinski definition) is 1. The Morgan fingerprint density at radius 2 is 2.06 bits per heavy atom. The monoisotopic (exact) mass is 250 g/mol. The molecule has 0 atom stereocenters. The maximum absolute atomic E-state index is 6.12. The Hall–Kier alpha value is -1.52. The van der Waals surface area contributed by atoms with Gasteiger partial charge in [0.1, 0.15) is 12.0 Å². The number of nitrogen functional groups attached to an aromatic ring is 1. The molecule has 0 aromatic carbocycles. The lowest BCUT2D eigenvalue weighted by Gasteiger charge is -2.29. The van der Waals surface area contributed by atoms with E-state index in [1.165, 1.54) is 32.0 Å². The van der Waals surface area contributed by atoms with Crippen LogP contribution in [0.15, 0.2) is 6.33 Å². The highest BCUT2D eigenvalue weighted by atomic mass is 16.5. The van der Waals surface area contributed by atoms with Crippen molar-refractivity contribution < 1.29 is 4.74 Å². The van der Waals surface area contributed by atoms with E-state index in [2.05, 4.69) is 21.8 Å². The van der Waals surface area contributed by atoms with E-state index in [1.807, 2.05) is 6.92 Å². The van der Waals surface area contributed by atoms with Crippen LogP contribution in [-0.2, 0) is 0 Å². The molecule has 0 amide bonds. The predicted molar refractivity (Wildman–Crippen MR) is 72.9 cm³/mol. The van der Waals surface area contributed by atoms with Crippen molar-refractivity contribution in [3.05, 3.63) is 6.33 Å². The summed E-state index contributed by atoms with van der Waals surface area (Å²) in [6.45, 7) is 5.55. The Kier molecular flexibility index (Phi) is 4.23. The second-order valence-electron chi connectivity index (χ2n) is 4.57. The quantitative estimate of drug-likeness (QED) is 0.868. The topological polar surface area (TPSA) is 64.3 Å². The molecule has 1 saturated carbocycles. The molecule has 0 saturated heterocycles. The van der Waals surface area contributed by atoms with E-state index in [0.717, 1.165) is 12.4 Å². The molecule has 0 unspecified atom stereocenters. The van der Waals surface area contributed by atoms with E-state index in [4.69, 9.17) is 10.5 Å². The van der Waals surface area contributed by atoms with Gasteiger partial charge in [0, 0.05) is 12.6 Å². The molecule has 0 bridgehead atoms. The van der Waals surface area contributed by atoms with Gasteiger partial charge in [0.2, 0.25) is 5.88 Å². The lowest BCUT2D eigenvalue weighted by molar-refractivity contribution is 0.328. The van der Waals surface area contributed by atoms with Crippen LogP contribution in [0.4, 0.5) is 11.5 Å². The summed E-state index contributed by atoms with van der Waals surface area (Å²) in [4.78, 5) is 10.7. The minimum Gasteiger partial charge on any atom is -0.476 e. The van der Waals surface area contributed by atoms with Crippen LogP contribution in [0.25, 0.3) is 0 Å². The molecule has 1 aliphatic rings. The van der Waals surface area contributed by atoms with Crippen molar-refractivity contribution in [1.82, 2.24) is 9.97 Å². The van der Waals surface area contributed by atoms with Crippen molar-refractivity contribution in [2.45, 2.75) is 45.6 Å². The van der Waals surface area contributed by atoms with E-state index in [-0.39, 0.29) is 0 Å². The Labute approximate surface area is 108 Å². The van der Waals surface area contributed by atoms with Gasteiger partial charge >= 0.3 is 0 Å². The SMILES string of the molecule is CCOc1ncnc(N(CC)C2CCCC2)c1N. The first-order valence-corrected chi connectivity index (χ1v) is 6.77. The van der Waals surface area contributed by atoms with Gasteiger partial charge in [-0.25, -0.2) is 4.98 Å². The summed E-state index contributed by atoms with van der Waals surface area (Å²) in [5.74, 6) is 1.32. The molecule has 18 heavy (non-hydrogen) atoms. The molecule has 1 aromatic rings. The smallest absolute Gasteiger partial charge is 0.242 e. The lowest BCUT2D eigenvalue weighted by atomic mass is 10.2. The molecule has 0 spiro atoms. The zero-order chi connectivity index (χ0) is 13.0. The zero-order valence-electron chi connectivity index (χ0n) is 11.2. The first kappa shape index (κ1) is 12.9. The maximum atomic E-state index is 6.12. The van der Waals surface area contributed by atoms with Crippen molar-refractivity contribution in [1.29, 1.82) is 0 Å². The van der Waals surface area contributed by atoms with Gasteiger partial charge in [0.05, 0.1) is 6.61 Å². The van der Waals surface area contributed by atoms with Crippen LogP contribution < -0.4 is 15.4 Å². The molecule has 1 aliphatic carbocycles. The zero-order valence-corrected chi connectivity index (χ0v) is 11.2. The molecule has 5 heteroatoms. The molecule has 0 radical (unpaired) electrons.